The highest BCUT2D eigenvalue weighted by atomic mass is 16.2. The van der Waals surface area contributed by atoms with Crippen molar-refractivity contribution in [2.45, 2.75) is 19.3 Å². The van der Waals surface area contributed by atoms with E-state index >= 15 is 0 Å². The van der Waals surface area contributed by atoms with Gasteiger partial charge in [0, 0.05) is 30.0 Å². The second-order valence-corrected chi connectivity index (χ2v) is 7.35. The number of nitrogens with zero attached hydrogens (tertiary/aromatic N) is 1. The predicted molar refractivity (Wildman–Crippen MR) is 111 cm³/mol. The van der Waals surface area contributed by atoms with Crippen LogP contribution in [-0.2, 0) is 14.4 Å². The summed E-state index contributed by atoms with van der Waals surface area (Å²) in [4.78, 5) is 38.4. The molecule has 2 aromatic carbocycles. The third-order valence-electron chi connectivity index (χ3n) is 5.39. The Balaban J connectivity index is 1.29. The lowest BCUT2D eigenvalue weighted by Crippen LogP contribution is -2.34. The summed E-state index contributed by atoms with van der Waals surface area (Å²) in [6, 6.07) is 17.2. The minimum atomic E-state index is -0.250. The van der Waals surface area contributed by atoms with Gasteiger partial charge in [0.1, 0.15) is 0 Å². The van der Waals surface area contributed by atoms with E-state index < -0.39 is 0 Å². The van der Waals surface area contributed by atoms with E-state index in [-0.39, 0.29) is 42.5 Å². The number of carbonyl (C=O) groups excluding carboxylic acids is 3. The maximum absolute atomic E-state index is 12.4. The van der Waals surface area contributed by atoms with Gasteiger partial charge in [-0.25, -0.2) is 0 Å². The van der Waals surface area contributed by atoms with E-state index in [4.69, 9.17) is 0 Å². The second kappa shape index (κ2) is 8.31. The average molecular weight is 389 g/mol. The fraction of sp³-hybridized carbons (Fsp3) is 0.261. The molecule has 2 aliphatic rings. The number of imide groups is 1. The summed E-state index contributed by atoms with van der Waals surface area (Å²) in [5, 5.41) is 6.10. The van der Waals surface area contributed by atoms with Crippen LogP contribution < -0.4 is 10.6 Å². The van der Waals surface area contributed by atoms with Crippen molar-refractivity contribution in [3.05, 3.63) is 66.7 Å². The van der Waals surface area contributed by atoms with Crippen LogP contribution >= 0.6 is 0 Å². The van der Waals surface area contributed by atoms with Crippen molar-refractivity contribution in [1.82, 2.24) is 4.90 Å². The molecule has 0 unspecified atom stereocenters. The van der Waals surface area contributed by atoms with Gasteiger partial charge in [-0.05, 0) is 49.2 Å². The summed E-state index contributed by atoms with van der Waals surface area (Å²) in [6.07, 6.45) is 5.23. The van der Waals surface area contributed by atoms with Gasteiger partial charge in [-0.15, -0.1) is 0 Å². The molecule has 1 aliphatic heterocycles. The standard InChI is InChI=1S/C23H23N3O3/c27-21(14-15-26-22(28)19-8-4-5-9-20(19)23(26)29)25-18-12-10-17(11-13-18)24-16-6-2-1-3-7-16/h1-7,10-13,19-20,24H,8-9,14-15H2,(H,25,27)/t19-,20-/m0/s1. The Morgan fingerprint density at radius 1 is 0.828 bits per heavy atom. The highest BCUT2D eigenvalue weighted by Gasteiger charge is 2.46. The molecular weight excluding hydrogens is 366 g/mol. The third kappa shape index (κ3) is 4.21. The molecule has 0 bridgehead atoms. The number of amides is 3. The Morgan fingerprint density at radius 3 is 2.00 bits per heavy atom. The summed E-state index contributed by atoms with van der Waals surface area (Å²) in [5.41, 5.74) is 2.57. The van der Waals surface area contributed by atoms with Gasteiger partial charge in [0.05, 0.1) is 11.8 Å². The fourth-order valence-electron chi connectivity index (χ4n) is 3.85. The maximum atomic E-state index is 12.4. The molecule has 0 aromatic heterocycles. The summed E-state index contributed by atoms with van der Waals surface area (Å²) in [5.74, 6) is -1.01. The Hall–Kier alpha value is -3.41. The molecule has 2 N–H and O–H groups in total. The van der Waals surface area contributed by atoms with Crippen molar-refractivity contribution >= 4 is 34.8 Å². The number of nitrogens with one attached hydrogen (secondary N) is 2. The number of carbonyl (C=O) groups is 3. The van der Waals surface area contributed by atoms with E-state index in [1.54, 1.807) is 0 Å². The molecule has 4 rings (SSSR count). The Labute approximate surface area is 169 Å². The van der Waals surface area contributed by atoms with Crippen molar-refractivity contribution in [2.75, 3.05) is 17.2 Å². The zero-order valence-electron chi connectivity index (χ0n) is 16.0. The summed E-state index contributed by atoms with van der Waals surface area (Å²) in [7, 11) is 0. The van der Waals surface area contributed by atoms with Crippen molar-refractivity contribution in [3.8, 4) is 0 Å². The maximum Gasteiger partial charge on any atom is 0.233 e. The number of likely N-dealkylation sites (tertiary alicyclic amines) is 1. The van der Waals surface area contributed by atoms with Gasteiger partial charge in [0.25, 0.3) is 0 Å². The zero-order chi connectivity index (χ0) is 20.2. The number of fused-ring (bicyclic) bond motifs is 1. The van der Waals surface area contributed by atoms with E-state index in [0.717, 1.165) is 11.4 Å². The van der Waals surface area contributed by atoms with Gasteiger partial charge in [0.15, 0.2) is 0 Å². The van der Waals surface area contributed by atoms with Crippen LogP contribution in [0, 0.1) is 11.8 Å². The Bertz CT molecular complexity index is 912. The Morgan fingerprint density at radius 2 is 1.38 bits per heavy atom. The van der Waals surface area contributed by atoms with E-state index in [9.17, 15) is 14.4 Å². The quantitative estimate of drug-likeness (QED) is 0.583. The number of para-hydroxylation sites is 1. The molecule has 2 atom stereocenters. The van der Waals surface area contributed by atoms with Crippen LogP contribution in [0.4, 0.5) is 17.1 Å². The van der Waals surface area contributed by atoms with Crippen molar-refractivity contribution < 1.29 is 14.4 Å². The summed E-state index contributed by atoms with van der Waals surface area (Å²) >= 11 is 0. The van der Waals surface area contributed by atoms with Crippen LogP contribution in [0.1, 0.15) is 19.3 Å². The molecular formula is C23H23N3O3. The van der Waals surface area contributed by atoms with Gasteiger partial charge in [-0.3, -0.25) is 19.3 Å². The minimum absolute atomic E-state index is 0.0916. The average Bonchev–Trinajstić information content (AvgIpc) is 2.99. The number of benzene rings is 2. The molecule has 1 heterocycles. The van der Waals surface area contributed by atoms with Crippen LogP contribution in [0.25, 0.3) is 0 Å². The highest BCUT2D eigenvalue weighted by Crippen LogP contribution is 2.35. The molecule has 148 valence electrons. The van der Waals surface area contributed by atoms with Crippen molar-refractivity contribution in [2.24, 2.45) is 11.8 Å². The number of hydrogen-bond donors (Lipinski definition) is 2. The van der Waals surface area contributed by atoms with E-state index in [2.05, 4.69) is 10.6 Å². The highest BCUT2D eigenvalue weighted by molar-refractivity contribution is 6.05. The topological polar surface area (TPSA) is 78.5 Å². The van der Waals surface area contributed by atoms with Gasteiger partial charge < -0.3 is 10.6 Å². The van der Waals surface area contributed by atoms with Gasteiger partial charge in [-0.2, -0.15) is 0 Å². The monoisotopic (exact) mass is 389 g/mol. The summed E-state index contributed by atoms with van der Waals surface area (Å²) in [6.45, 7) is 0.129. The smallest absolute Gasteiger partial charge is 0.233 e. The number of rotatable bonds is 6. The van der Waals surface area contributed by atoms with Crippen LogP contribution in [0.5, 0.6) is 0 Å². The Kier molecular flexibility index (Phi) is 5.42. The first kappa shape index (κ1) is 18.9. The van der Waals surface area contributed by atoms with E-state index in [0.29, 0.717) is 18.5 Å². The number of anilines is 3. The lowest BCUT2D eigenvalue weighted by atomic mass is 9.85. The molecule has 3 amide bonds. The molecule has 1 saturated heterocycles. The first-order chi connectivity index (χ1) is 14.1. The molecule has 29 heavy (non-hydrogen) atoms. The van der Waals surface area contributed by atoms with Crippen LogP contribution in [0.15, 0.2) is 66.7 Å². The predicted octanol–water partition coefficient (Wildman–Crippen LogP) is 3.71. The molecule has 1 aliphatic carbocycles. The molecule has 0 radical (unpaired) electrons. The van der Waals surface area contributed by atoms with E-state index in [1.165, 1.54) is 4.90 Å². The molecule has 0 saturated carbocycles. The minimum Gasteiger partial charge on any atom is -0.356 e. The molecule has 0 spiro atoms. The second-order valence-electron chi connectivity index (χ2n) is 7.35. The zero-order valence-corrected chi connectivity index (χ0v) is 16.0. The van der Waals surface area contributed by atoms with Crippen LogP contribution in [0.3, 0.4) is 0 Å². The molecule has 1 fully saturated rings. The van der Waals surface area contributed by atoms with Crippen LogP contribution in [0.2, 0.25) is 0 Å². The molecule has 6 nitrogen and oxygen atoms in total. The SMILES string of the molecule is O=C(CCN1C(=O)[C@H]2CC=CC[C@@H]2C1=O)Nc1ccc(Nc2ccccc2)cc1. The molecule has 2 aromatic rings. The van der Waals surface area contributed by atoms with Crippen molar-refractivity contribution in [3.63, 3.8) is 0 Å². The van der Waals surface area contributed by atoms with Crippen molar-refractivity contribution in [1.29, 1.82) is 0 Å². The van der Waals surface area contributed by atoms with E-state index in [1.807, 2.05) is 66.7 Å². The fourth-order valence-corrected chi connectivity index (χ4v) is 3.85. The summed E-state index contributed by atoms with van der Waals surface area (Å²) < 4.78 is 0. The lowest BCUT2D eigenvalue weighted by molar-refractivity contribution is -0.140. The normalized spacial score (nSPS) is 20.5. The third-order valence-corrected chi connectivity index (χ3v) is 5.39. The van der Waals surface area contributed by atoms with Gasteiger partial charge >= 0.3 is 0 Å². The lowest BCUT2D eigenvalue weighted by Gasteiger charge is -2.14. The first-order valence-corrected chi connectivity index (χ1v) is 9.84. The largest absolute Gasteiger partial charge is 0.356 e. The van der Waals surface area contributed by atoms with Gasteiger partial charge in [0.2, 0.25) is 17.7 Å². The number of hydrogen-bond acceptors (Lipinski definition) is 4. The molecule has 6 heteroatoms. The number of allylic oxidation sites excluding steroid dienone is 2. The first-order valence-electron chi connectivity index (χ1n) is 9.84. The van der Waals surface area contributed by atoms with Crippen LogP contribution in [-0.4, -0.2) is 29.2 Å². The van der Waals surface area contributed by atoms with Gasteiger partial charge in [-0.1, -0.05) is 30.4 Å².